The fourth-order valence-electron chi connectivity index (χ4n) is 4.94. The van der Waals surface area contributed by atoms with E-state index in [-0.39, 0.29) is 36.2 Å². The maximum absolute atomic E-state index is 13.8. The number of carbonyl (C=O) groups is 2. The summed E-state index contributed by atoms with van der Waals surface area (Å²) in [7, 11) is -4.04. The molecule has 1 aromatic heterocycles. The van der Waals surface area contributed by atoms with Crippen molar-refractivity contribution in [3.05, 3.63) is 81.8 Å². The minimum absolute atomic E-state index is 0.0176. The lowest BCUT2D eigenvalue weighted by Crippen LogP contribution is -2.56. The number of aliphatic hydroxyl groups excluding tert-OH is 1. The molecule has 0 unspecified atom stereocenters. The minimum atomic E-state index is -4.04. The number of carbonyl (C=O) groups excluding carboxylic acids is 2. The highest BCUT2D eigenvalue weighted by Gasteiger charge is 2.32. The first-order chi connectivity index (χ1) is 22.7. The van der Waals surface area contributed by atoms with Crippen LogP contribution in [0.2, 0.25) is 0 Å². The third-order valence-corrected chi connectivity index (χ3v) is 10.6. The molecule has 3 aromatic rings. The van der Waals surface area contributed by atoms with Crippen molar-refractivity contribution >= 4 is 39.5 Å². The van der Waals surface area contributed by atoms with E-state index in [1.807, 2.05) is 56.5 Å². The van der Waals surface area contributed by atoms with Gasteiger partial charge in [-0.05, 0) is 49.4 Å². The van der Waals surface area contributed by atoms with Gasteiger partial charge in [-0.3, -0.25) is 4.79 Å². The maximum atomic E-state index is 13.8. The molecule has 0 bridgehead atoms. The summed E-state index contributed by atoms with van der Waals surface area (Å²) in [5.74, 6) is -0.296. The van der Waals surface area contributed by atoms with E-state index < -0.39 is 40.1 Å². The molecule has 0 radical (unpaired) electrons. The molecule has 0 spiro atoms. The van der Waals surface area contributed by atoms with Crippen LogP contribution in [0.3, 0.4) is 0 Å². The highest BCUT2D eigenvalue weighted by molar-refractivity contribution is 7.89. The van der Waals surface area contributed by atoms with Crippen molar-refractivity contribution < 1.29 is 28.3 Å². The van der Waals surface area contributed by atoms with Crippen LogP contribution in [0.15, 0.2) is 70.0 Å². The number of sulfonamides is 1. The van der Waals surface area contributed by atoms with E-state index in [0.29, 0.717) is 18.7 Å². The Balaban J connectivity index is 1.78. The average Bonchev–Trinajstić information content (AvgIpc) is 3.52. The lowest BCUT2D eigenvalue weighted by molar-refractivity contribution is -0.124. The molecule has 3 rings (SSSR count). The Morgan fingerprint density at radius 1 is 1.00 bits per heavy atom. The Morgan fingerprint density at radius 2 is 1.67 bits per heavy atom. The number of hydrogen-bond acceptors (Lipinski definition) is 9. The summed E-state index contributed by atoms with van der Waals surface area (Å²) < 4.78 is 28.7. The van der Waals surface area contributed by atoms with Gasteiger partial charge in [0, 0.05) is 30.9 Å². The van der Waals surface area contributed by atoms with Gasteiger partial charge >= 0.3 is 6.03 Å². The zero-order valence-electron chi connectivity index (χ0n) is 28.4. The van der Waals surface area contributed by atoms with Crippen LogP contribution in [0.1, 0.15) is 69.3 Å². The summed E-state index contributed by atoms with van der Waals surface area (Å²) in [4.78, 5) is 32.8. The van der Waals surface area contributed by atoms with Gasteiger partial charge in [0.15, 0.2) is 0 Å². The zero-order valence-corrected chi connectivity index (χ0v) is 30.0. The van der Waals surface area contributed by atoms with Crippen LogP contribution < -0.4 is 10.6 Å². The lowest BCUT2D eigenvalue weighted by atomic mass is 10.0. The first kappa shape index (κ1) is 38.6. The number of oxime groups is 1. The molecule has 0 fully saturated rings. The van der Waals surface area contributed by atoms with Gasteiger partial charge < -0.3 is 25.8 Å². The molecule has 14 heteroatoms. The van der Waals surface area contributed by atoms with Crippen LogP contribution in [-0.4, -0.2) is 88.9 Å². The van der Waals surface area contributed by atoms with Gasteiger partial charge in [0.05, 0.1) is 40.5 Å². The zero-order chi connectivity index (χ0) is 35.4. The van der Waals surface area contributed by atoms with Gasteiger partial charge in [-0.2, -0.15) is 4.31 Å². The first-order valence-corrected chi connectivity index (χ1v) is 18.4. The second-order valence-electron chi connectivity index (χ2n) is 12.4. The molecule has 0 saturated heterocycles. The van der Waals surface area contributed by atoms with Crippen LogP contribution in [0.25, 0.3) is 0 Å². The van der Waals surface area contributed by atoms with Crippen LogP contribution >= 0.6 is 11.3 Å². The van der Waals surface area contributed by atoms with Gasteiger partial charge in [-0.1, -0.05) is 75.3 Å². The van der Waals surface area contributed by atoms with Crippen molar-refractivity contribution in [3.63, 3.8) is 0 Å². The largest absolute Gasteiger partial charge is 0.411 e. The van der Waals surface area contributed by atoms with Crippen molar-refractivity contribution in [2.24, 2.45) is 11.1 Å². The third-order valence-electron chi connectivity index (χ3n) is 7.59. The predicted molar refractivity (Wildman–Crippen MR) is 188 cm³/mol. The number of nitrogens with one attached hydrogen (secondary N) is 2. The van der Waals surface area contributed by atoms with E-state index in [0.717, 1.165) is 16.3 Å². The molecule has 0 aliphatic carbocycles. The standard InChI is InChI=1S/C34H48N6O6S2/c1-7-39(20-28-22-47-33(37-28)24(4)5)34(43)36-25(6)32(42)38-30(17-26-11-9-8-10-12-26)31(41)21-40(19-23(2)3)48(45,46)29-15-13-27(14-16-29)18-35-44/h8-16,18,22-25,30-31,41,44H,7,17,19-21H2,1-6H3,(H,36,43)(H,38,42)/t25-,30-,31-/m0/s1. The summed E-state index contributed by atoms with van der Waals surface area (Å²) in [6, 6.07) is 12.9. The molecule has 0 aliphatic heterocycles. The van der Waals surface area contributed by atoms with Crippen molar-refractivity contribution in [1.29, 1.82) is 0 Å². The molecule has 3 amide bonds. The number of urea groups is 1. The topological polar surface area (TPSA) is 165 Å². The highest BCUT2D eigenvalue weighted by Crippen LogP contribution is 2.21. The van der Waals surface area contributed by atoms with E-state index >= 15 is 0 Å². The maximum Gasteiger partial charge on any atom is 0.318 e. The summed E-state index contributed by atoms with van der Waals surface area (Å²) in [5, 5.41) is 31.9. The molecule has 3 atom stereocenters. The number of rotatable bonds is 17. The van der Waals surface area contributed by atoms with Gasteiger partial charge in [0.1, 0.15) is 6.04 Å². The Hall–Kier alpha value is -3.85. The number of benzene rings is 2. The van der Waals surface area contributed by atoms with Crippen molar-refractivity contribution in [2.75, 3.05) is 19.6 Å². The Morgan fingerprint density at radius 3 is 2.23 bits per heavy atom. The minimum Gasteiger partial charge on any atom is -0.411 e. The van der Waals surface area contributed by atoms with E-state index in [4.69, 9.17) is 5.21 Å². The quantitative estimate of drug-likeness (QED) is 0.0919. The number of aromatic nitrogens is 1. The van der Waals surface area contributed by atoms with Gasteiger partial charge in [-0.15, -0.1) is 11.3 Å². The van der Waals surface area contributed by atoms with E-state index in [9.17, 15) is 23.1 Å². The summed E-state index contributed by atoms with van der Waals surface area (Å²) in [5.41, 5.74) is 2.13. The number of hydrogen-bond donors (Lipinski definition) is 4. The van der Waals surface area contributed by atoms with Crippen LogP contribution in [0.4, 0.5) is 4.79 Å². The second-order valence-corrected chi connectivity index (χ2v) is 15.2. The fourth-order valence-corrected chi connectivity index (χ4v) is 7.39. The number of aliphatic hydroxyl groups is 1. The fraction of sp³-hybridized carbons (Fsp3) is 0.471. The molecule has 48 heavy (non-hydrogen) atoms. The summed E-state index contributed by atoms with van der Waals surface area (Å²) in [6.07, 6.45) is 0.121. The molecule has 1 heterocycles. The summed E-state index contributed by atoms with van der Waals surface area (Å²) in [6.45, 7) is 11.8. The molecule has 262 valence electrons. The van der Waals surface area contributed by atoms with E-state index in [1.165, 1.54) is 34.8 Å². The molecular weight excluding hydrogens is 653 g/mol. The van der Waals surface area contributed by atoms with Crippen molar-refractivity contribution in [3.8, 4) is 0 Å². The predicted octanol–water partition coefficient (Wildman–Crippen LogP) is 4.43. The third kappa shape index (κ3) is 11.1. The molecule has 12 nitrogen and oxygen atoms in total. The van der Waals surface area contributed by atoms with E-state index in [1.54, 1.807) is 23.2 Å². The first-order valence-electron chi connectivity index (χ1n) is 16.0. The Labute approximate surface area is 287 Å². The van der Waals surface area contributed by atoms with Gasteiger partial charge in [0.25, 0.3) is 0 Å². The van der Waals surface area contributed by atoms with E-state index in [2.05, 4.69) is 34.6 Å². The second kappa shape index (κ2) is 18.1. The smallest absolute Gasteiger partial charge is 0.318 e. The monoisotopic (exact) mass is 700 g/mol. The van der Waals surface area contributed by atoms with Crippen LogP contribution in [-0.2, 0) is 27.8 Å². The Kier molecular flexibility index (Phi) is 14.5. The summed E-state index contributed by atoms with van der Waals surface area (Å²) >= 11 is 1.55. The molecule has 4 N–H and O–H groups in total. The molecule has 0 saturated carbocycles. The number of thiazole rings is 1. The Bertz CT molecular complexity index is 1600. The lowest BCUT2D eigenvalue weighted by Gasteiger charge is -2.31. The van der Waals surface area contributed by atoms with Crippen molar-refractivity contribution in [2.45, 2.75) is 83.5 Å². The van der Waals surface area contributed by atoms with Crippen molar-refractivity contribution in [1.82, 2.24) is 24.8 Å². The molecule has 0 aliphatic rings. The van der Waals surface area contributed by atoms with Crippen LogP contribution in [0.5, 0.6) is 0 Å². The van der Waals surface area contributed by atoms with Gasteiger partial charge in [-0.25, -0.2) is 18.2 Å². The molecule has 2 aromatic carbocycles. The number of nitrogens with zero attached hydrogens (tertiary/aromatic N) is 4. The van der Waals surface area contributed by atoms with Crippen LogP contribution in [0, 0.1) is 5.92 Å². The average molecular weight is 701 g/mol. The number of amides is 3. The van der Waals surface area contributed by atoms with Gasteiger partial charge in [0.2, 0.25) is 15.9 Å². The highest BCUT2D eigenvalue weighted by atomic mass is 32.2. The normalized spacial score (nSPS) is 14.0. The molecular formula is C34H48N6O6S2. The SMILES string of the molecule is CCN(Cc1csc(C(C)C)n1)C(=O)N[C@@H](C)C(=O)N[C@@H](Cc1ccccc1)[C@@H](O)CN(CC(C)C)S(=O)(=O)c1ccc(C=NO)cc1.